The molecule has 0 aromatic rings. The second-order valence-electron chi connectivity index (χ2n) is 9.10. The number of thioether (sulfide) groups is 1. The van der Waals surface area contributed by atoms with Crippen molar-refractivity contribution in [3.63, 3.8) is 0 Å². The normalized spacial score (nSPS) is 23.8. The maximum atomic E-state index is 13.3. The maximum absolute atomic E-state index is 13.3. The molecule has 0 aromatic carbocycles. The van der Waals surface area contributed by atoms with Gasteiger partial charge in [-0.1, -0.05) is 18.6 Å². The zero-order valence-corrected chi connectivity index (χ0v) is 21.2. The molecule has 5 nitrogen and oxygen atoms in total. The highest BCUT2D eigenvalue weighted by molar-refractivity contribution is 8.26. The number of hydrogen-bond acceptors (Lipinski definition) is 4. The van der Waals surface area contributed by atoms with Gasteiger partial charge in [0.15, 0.2) is 0 Å². The van der Waals surface area contributed by atoms with Gasteiger partial charge >= 0.3 is 6.09 Å². The molecule has 2 fully saturated rings. The van der Waals surface area contributed by atoms with Crippen molar-refractivity contribution in [1.29, 1.82) is 0 Å². The van der Waals surface area contributed by atoms with Crippen molar-refractivity contribution < 1.29 is 14.3 Å². The molecule has 1 N–H and O–H groups in total. The van der Waals surface area contributed by atoms with E-state index in [1.807, 2.05) is 44.4 Å². The molecule has 0 bridgehead atoms. The van der Waals surface area contributed by atoms with Crippen LogP contribution in [0.4, 0.5) is 4.79 Å². The first-order valence-electron chi connectivity index (χ1n) is 11.2. The molecule has 3 unspecified atom stereocenters. The summed E-state index contributed by atoms with van der Waals surface area (Å²) < 4.78 is 5.98. The zero-order chi connectivity index (χ0) is 22.3. The van der Waals surface area contributed by atoms with E-state index in [0.717, 1.165) is 17.7 Å². The maximum Gasteiger partial charge on any atom is 0.412 e. The van der Waals surface area contributed by atoms with E-state index in [4.69, 9.17) is 4.74 Å². The summed E-state index contributed by atoms with van der Waals surface area (Å²) in [5, 5.41) is 2.97. The van der Waals surface area contributed by atoms with E-state index in [1.54, 1.807) is 11.8 Å². The van der Waals surface area contributed by atoms with Crippen molar-refractivity contribution in [1.82, 2.24) is 10.2 Å². The van der Waals surface area contributed by atoms with Crippen LogP contribution in [0.2, 0.25) is 0 Å². The van der Waals surface area contributed by atoms with E-state index in [1.165, 1.54) is 37.9 Å². The summed E-state index contributed by atoms with van der Waals surface area (Å²) in [6.07, 6.45) is 8.98. The SMILES string of the molecule is CCC(=CCN(C(=O)OC(C)(C)C)C1SCCCS1=C1CCCC1)C(C)NC(C)=O. The predicted octanol–water partition coefficient (Wildman–Crippen LogP) is 5.52. The molecule has 30 heavy (non-hydrogen) atoms. The highest BCUT2D eigenvalue weighted by Crippen LogP contribution is 2.43. The highest BCUT2D eigenvalue weighted by atomic mass is 32.2. The monoisotopic (exact) mass is 456 g/mol. The summed E-state index contributed by atoms with van der Waals surface area (Å²) in [5.41, 5.74) is 0.627. The number of carbonyl (C=O) groups is 2. The Morgan fingerprint density at radius 1 is 1.30 bits per heavy atom. The summed E-state index contributed by atoms with van der Waals surface area (Å²) >= 11 is 1.92. The summed E-state index contributed by atoms with van der Waals surface area (Å²) in [5.74, 6) is 2.25. The molecular formula is C23H40N2O3S2. The van der Waals surface area contributed by atoms with Crippen LogP contribution >= 0.6 is 22.2 Å². The summed E-state index contributed by atoms with van der Waals surface area (Å²) in [6, 6.07) is -0.0329. The fraction of sp³-hybridized carbons (Fsp3) is 0.783. The van der Waals surface area contributed by atoms with Crippen molar-refractivity contribution in [2.75, 3.05) is 18.1 Å². The lowest BCUT2D eigenvalue weighted by atomic mass is 10.1. The second kappa shape index (κ2) is 11.6. The molecule has 3 atom stereocenters. The van der Waals surface area contributed by atoms with Crippen LogP contribution in [0.25, 0.3) is 0 Å². The van der Waals surface area contributed by atoms with Gasteiger partial charge in [-0.15, -0.1) is 11.8 Å². The van der Waals surface area contributed by atoms with Gasteiger partial charge in [0.2, 0.25) is 5.91 Å². The molecule has 0 aromatic heterocycles. The Labute approximate surface area is 189 Å². The topological polar surface area (TPSA) is 58.6 Å². The third kappa shape index (κ3) is 7.63. The average Bonchev–Trinajstić information content (AvgIpc) is 3.18. The van der Waals surface area contributed by atoms with Crippen molar-refractivity contribution in [3.05, 3.63) is 11.6 Å². The number of ether oxygens (including phenoxy) is 1. The Kier molecular flexibility index (Phi) is 9.79. The average molecular weight is 457 g/mol. The summed E-state index contributed by atoms with van der Waals surface area (Å²) in [6.45, 7) is 11.9. The molecule has 0 spiro atoms. The van der Waals surface area contributed by atoms with Crippen LogP contribution < -0.4 is 5.32 Å². The fourth-order valence-electron chi connectivity index (χ4n) is 3.95. The zero-order valence-electron chi connectivity index (χ0n) is 19.6. The molecule has 1 aliphatic heterocycles. The van der Waals surface area contributed by atoms with Crippen molar-refractivity contribution >= 4 is 39.1 Å². The highest BCUT2D eigenvalue weighted by Gasteiger charge is 2.33. The van der Waals surface area contributed by atoms with Crippen LogP contribution in [0.5, 0.6) is 0 Å². The van der Waals surface area contributed by atoms with Crippen molar-refractivity contribution in [2.24, 2.45) is 0 Å². The van der Waals surface area contributed by atoms with Crippen LogP contribution in [-0.2, 0) is 9.53 Å². The molecule has 2 rings (SSSR count). The number of nitrogens with zero attached hydrogens (tertiary/aromatic N) is 1. The van der Waals surface area contributed by atoms with Crippen LogP contribution in [0.1, 0.15) is 80.1 Å². The first-order valence-corrected chi connectivity index (χ1v) is 13.7. The lowest BCUT2D eigenvalue weighted by Crippen LogP contribution is -2.43. The van der Waals surface area contributed by atoms with Crippen LogP contribution in [-0.4, -0.2) is 56.2 Å². The number of rotatable bonds is 6. The Hall–Kier alpha value is -0.950. The van der Waals surface area contributed by atoms with E-state index >= 15 is 0 Å². The van der Waals surface area contributed by atoms with E-state index < -0.39 is 5.60 Å². The third-order valence-electron chi connectivity index (χ3n) is 5.36. The van der Waals surface area contributed by atoms with Gasteiger partial charge in [0, 0.05) is 19.5 Å². The first kappa shape index (κ1) is 25.3. The molecule has 2 amide bonds. The molecular weight excluding hydrogens is 416 g/mol. The quantitative estimate of drug-likeness (QED) is 0.422. The molecule has 172 valence electrons. The largest absolute Gasteiger partial charge is 0.444 e. The lowest BCUT2D eigenvalue weighted by molar-refractivity contribution is -0.119. The van der Waals surface area contributed by atoms with Gasteiger partial charge in [0.1, 0.15) is 10.3 Å². The van der Waals surface area contributed by atoms with Gasteiger partial charge in [-0.3, -0.25) is 9.69 Å². The van der Waals surface area contributed by atoms with Gasteiger partial charge in [-0.2, -0.15) is 10.5 Å². The van der Waals surface area contributed by atoms with Gasteiger partial charge in [-0.05, 0) is 82.6 Å². The third-order valence-corrected chi connectivity index (χ3v) is 10.2. The number of carbonyl (C=O) groups excluding carboxylic acids is 2. The second-order valence-corrected chi connectivity index (χ2v) is 12.9. The van der Waals surface area contributed by atoms with Gasteiger partial charge < -0.3 is 10.1 Å². The van der Waals surface area contributed by atoms with E-state index in [2.05, 4.69) is 18.3 Å². The van der Waals surface area contributed by atoms with Crippen LogP contribution in [0.15, 0.2) is 11.6 Å². The fourth-order valence-corrected chi connectivity index (χ4v) is 9.16. The first-order chi connectivity index (χ1) is 14.1. The molecule has 2 aliphatic rings. The summed E-state index contributed by atoms with van der Waals surface area (Å²) in [7, 11) is 0.132. The predicted molar refractivity (Wildman–Crippen MR) is 131 cm³/mol. The van der Waals surface area contributed by atoms with Gasteiger partial charge in [-0.25, -0.2) is 4.79 Å². The lowest BCUT2D eigenvalue weighted by Gasteiger charge is -2.38. The van der Waals surface area contributed by atoms with E-state index in [-0.39, 0.29) is 33.2 Å². The minimum atomic E-state index is -0.519. The smallest absolute Gasteiger partial charge is 0.412 e. The number of nitrogens with one attached hydrogen (secondary N) is 1. The molecule has 1 saturated heterocycles. The van der Waals surface area contributed by atoms with E-state index in [9.17, 15) is 9.59 Å². The Balaban J connectivity index is 2.31. The summed E-state index contributed by atoms with van der Waals surface area (Å²) in [4.78, 5) is 28.4. The minimum Gasteiger partial charge on any atom is -0.444 e. The molecule has 1 aliphatic carbocycles. The van der Waals surface area contributed by atoms with Gasteiger partial charge in [0.05, 0.1) is 0 Å². The van der Waals surface area contributed by atoms with Crippen molar-refractivity contribution in [3.8, 4) is 0 Å². The Bertz CT molecular complexity index is 674. The Morgan fingerprint density at radius 2 is 1.97 bits per heavy atom. The van der Waals surface area contributed by atoms with Crippen LogP contribution in [0.3, 0.4) is 0 Å². The Morgan fingerprint density at radius 3 is 2.53 bits per heavy atom. The molecule has 0 radical (unpaired) electrons. The van der Waals surface area contributed by atoms with Gasteiger partial charge in [0.25, 0.3) is 0 Å². The minimum absolute atomic E-state index is 0.0329. The number of hydrogen-bond donors (Lipinski definition) is 1. The number of amides is 2. The molecule has 7 heteroatoms. The molecule has 1 heterocycles. The molecule has 1 saturated carbocycles. The standard InChI is InChI=1S/C23H40N2O3S2/c1-7-19(17(2)24-18(3)26)13-14-25(21(27)28-23(4,5)6)22-29-15-10-16-30(22)20-11-8-9-12-20/h13,17,22H,7-12,14-16H2,1-6H3,(H,24,26). The van der Waals surface area contributed by atoms with Crippen LogP contribution in [0, 0.1) is 0 Å². The van der Waals surface area contributed by atoms with Crippen molar-refractivity contribution in [2.45, 2.75) is 96.4 Å². The van der Waals surface area contributed by atoms with E-state index in [0.29, 0.717) is 6.54 Å².